The van der Waals surface area contributed by atoms with Crippen molar-refractivity contribution in [3.8, 4) is 17.1 Å². The first kappa shape index (κ1) is 25.4. The van der Waals surface area contributed by atoms with Crippen LogP contribution in [-0.2, 0) is 9.53 Å². The van der Waals surface area contributed by atoms with Crippen molar-refractivity contribution in [3.63, 3.8) is 0 Å². The normalized spacial score (nSPS) is 14.7. The third kappa shape index (κ3) is 7.15. The molecule has 1 amide bonds. The summed E-state index contributed by atoms with van der Waals surface area (Å²) in [6.07, 6.45) is 6.68. The fourth-order valence-electron chi connectivity index (χ4n) is 3.89. The van der Waals surface area contributed by atoms with E-state index in [9.17, 15) is 9.90 Å². The van der Waals surface area contributed by atoms with E-state index in [0.29, 0.717) is 17.8 Å². The predicted octanol–water partition coefficient (Wildman–Crippen LogP) is 4.85. The van der Waals surface area contributed by atoms with Gasteiger partial charge in [0, 0.05) is 38.2 Å². The van der Waals surface area contributed by atoms with Crippen LogP contribution in [0.1, 0.15) is 44.6 Å². The molecular weight excluding hydrogens is 428 g/mol. The lowest BCUT2D eigenvalue weighted by molar-refractivity contribution is -0.109. The van der Waals surface area contributed by atoms with Gasteiger partial charge in [0.2, 0.25) is 6.41 Å². The fraction of sp³-hybridized carbons (Fsp3) is 0.444. The van der Waals surface area contributed by atoms with E-state index in [1.54, 1.807) is 6.07 Å². The average molecular weight is 465 g/mol. The van der Waals surface area contributed by atoms with E-state index >= 15 is 0 Å². The molecule has 7 heteroatoms. The third-order valence-corrected chi connectivity index (χ3v) is 5.69. The summed E-state index contributed by atoms with van der Waals surface area (Å²) in [5.41, 5.74) is 2.78. The number of aryl methyl sites for hydroxylation is 1. The molecule has 2 aliphatic heterocycles. The number of carbonyl (C=O) groups is 1. The maximum atomic E-state index is 10.2. The van der Waals surface area contributed by atoms with Gasteiger partial charge in [-0.05, 0) is 68.9 Å². The van der Waals surface area contributed by atoms with Crippen LogP contribution in [-0.4, -0.2) is 54.3 Å². The Morgan fingerprint density at radius 2 is 1.79 bits per heavy atom. The summed E-state index contributed by atoms with van der Waals surface area (Å²) in [5.74, 6) is 1.78. The highest BCUT2D eigenvalue weighted by molar-refractivity contribution is 5.92. The van der Waals surface area contributed by atoms with Crippen molar-refractivity contribution in [1.82, 2.24) is 15.3 Å². The van der Waals surface area contributed by atoms with Crippen molar-refractivity contribution in [1.29, 1.82) is 0 Å². The first-order valence-corrected chi connectivity index (χ1v) is 12.2. The molecule has 2 aliphatic rings. The lowest BCUT2D eigenvalue weighted by atomic mass is 10.1. The smallest absolute Gasteiger partial charge is 0.207 e. The molecule has 34 heavy (non-hydrogen) atoms. The van der Waals surface area contributed by atoms with Gasteiger partial charge in [0.1, 0.15) is 11.6 Å². The molecule has 0 aliphatic carbocycles. The largest absolute Gasteiger partial charge is 0.507 e. The minimum absolute atomic E-state index is 0.215. The number of ether oxygens (including phenoxy) is 1. The standard InChI is InChI=1S/C19H19N3O.C4H9NO.C4H8O/c1-13-8-9-14-16(12-13)20-18(15-6-2-3-7-17(15)23)21-19(14)22-10-4-5-11-22;1-2-3-5-4-6;1-2-4-5-3-1/h2-3,6-9,12,23H,4-5,10-11H2,1H3;4H,2-3H2,1H3,(H,5,6);1-4H2. The minimum atomic E-state index is 0.215. The second-order valence-electron chi connectivity index (χ2n) is 8.49. The summed E-state index contributed by atoms with van der Waals surface area (Å²) in [6.45, 7) is 8.93. The number of hydrogen-bond donors (Lipinski definition) is 2. The van der Waals surface area contributed by atoms with Crippen LogP contribution in [0.5, 0.6) is 5.75 Å². The number of fused-ring (bicyclic) bond motifs is 1. The van der Waals surface area contributed by atoms with Crippen LogP contribution in [0.15, 0.2) is 42.5 Å². The number of carbonyl (C=O) groups excluding carboxylic acids is 1. The number of rotatable bonds is 5. The molecule has 0 radical (unpaired) electrons. The van der Waals surface area contributed by atoms with Gasteiger partial charge in [0.05, 0.1) is 11.1 Å². The Labute approximate surface area is 202 Å². The molecule has 0 unspecified atom stereocenters. The number of para-hydroxylation sites is 1. The van der Waals surface area contributed by atoms with E-state index in [1.807, 2.05) is 25.1 Å². The van der Waals surface area contributed by atoms with Crippen molar-refractivity contribution < 1.29 is 14.6 Å². The molecule has 5 rings (SSSR count). The van der Waals surface area contributed by atoms with Crippen molar-refractivity contribution >= 4 is 23.1 Å². The van der Waals surface area contributed by atoms with Crippen LogP contribution in [0.4, 0.5) is 5.82 Å². The lowest BCUT2D eigenvalue weighted by Gasteiger charge is -2.19. The van der Waals surface area contributed by atoms with Crippen LogP contribution < -0.4 is 10.2 Å². The number of nitrogens with zero attached hydrogens (tertiary/aromatic N) is 3. The second kappa shape index (κ2) is 13.5. The average Bonchev–Trinajstić information content (AvgIpc) is 3.60. The molecule has 2 aromatic carbocycles. The van der Waals surface area contributed by atoms with Crippen molar-refractivity contribution in [2.45, 2.75) is 46.0 Å². The molecule has 0 saturated carbocycles. The molecule has 0 bridgehead atoms. The molecule has 0 atom stereocenters. The minimum Gasteiger partial charge on any atom is -0.507 e. The first-order valence-electron chi connectivity index (χ1n) is 12.2. The molecule has 2 N–H and O–H groups in total. The molecular formula is C27H36N4O3. The molecule has 3 aromatic rings. The molecule has 1 aromatic heterocycles. The molecule has 7 nitrogen and oxygen atoms in total. The Kier molecular flexibility index (Phi) is 10.1. The van der Waals surface area contributed by atoms with Crippen molar-refractivity contribution in [2.24, 2.45) is 0 Å². The van der Waals surface area contributed by atoms with E-state index < -0.39 is 0 Å². The SMILES string of the molecule is C1CCOC1.CCCNC=O.Cc1ccc2c(N3CCCC3)nc(-c3ccccc3O)nc2c1. The van der Waals surface area contributed by atoms with E-state index in [0.717, 1.165) is 56.0 Å². The highest BCUT2D eigenvalue weighted by Gasteiger charge is 2.19. The van der Waals surface area contributed by atoms with Crippen molar-refractivity contribution in [2.75, 3.05) is 37.7 Å². The van der Waals surface area contributed by atoms with Gasteiger partial charge in [-0.3, -0.25) is 4.79 Å². The van der Waals surface area contributed by atoms with Gasteiger partial charge in [0.25, 0.3) is 0 Å². The molecule has 182 valence electrons. The fourth-order valence-corrected chi connectivity index (χ4v) is 3.89. The summed E-state index contributed by atoms with van der Waals surface area (Å²) in [7, 11) is 0. The van der Waals surface area contributed by atoms with Crippen LogP contribution in [0.2, 0.25) is 0 Å². The topological polar surface area (TPSA) is 87.6 Å². The van der Waals surface area contributed by atoms with E-state index in [2.05, 4.69) is 35.3 Å². The van der Waals surface area contributed by atoms with E-state index in [1.165, 1.54) is 31.2 Å². The summed E-state index contributed by atoms with van der Waals surface area (Å²) in [6, 6.07) is 13.5. The molecule has 2 saturated heterocycles. The Hall–Kier alpha value is -3.19. The van der Waals surface area contributed by atoms with Crippen molar-refractivity contribution in [3.05, 3.63) is 48.0 Å². The van der Waals surface area contributed by atoms with Gasteiger partial charge in [-0.15, -0.1) is 0 Å². The monoisotopic (exact) mass is 464 g/mol. The summed E-state index contributed by atoms with van der Waals surface area (Å²) in [4.78, 5) is 21.3. The van der Waals surface area contributed by atoms with Gasteiger partial charge >= 0.3 is 0 Å². The lowest BCUT2D eigenvalue weighted by Crippen LogP contribution is -2.20. The van der Waals surface area contributed by atoms with Crippen LogP contribution in [0.25, 0.3) is 22.3 Å². The number of phenolic OH excluding ortho intramolecular Hbond substituents is 1. The maximum Gasteiger partial charge on any atom is 0.207 e. The number of aromatic hydroxyl groups is 1. The van der Waals surface area contributed by atoms with Gasteiger partial charge in [0.15, 0.2) is 5.82 Å². The Morgan fingerprint density at radius 1 is 1.06 bits per heavy atom. The number of amides is 1. The molecule has 0 spiro atoms. The molecule has 2 fully saturated rings. The Balaban J connectivity index is 0.000000244. The second-order valence-corrected chi connectivity index (χ2v) is 8.49. The number of aromatic nitrogens is 2. The molecule has 3 heterocycles. The van der Waals surface area contributed by atoms with Gasteiger partial charge in [-0.1, -0.05) is 25.1 Å². The summed E-state index contributed by atoms with van der Waals surface area (Å²) in [5, 5.41) is 13.8. The predicted molar refractivity (Wildman–Crippen MR) is 137 cm³/mol. The van der Waals surface area contributed by atoms with Gasteiger partial charge in [-0.25, -0.2) is 9.97 Å². The van der Waals surface area contributed by atoms with Crippen LogP contribution in [0.3, 0.4) is 0 Å². The van der Waals surface area contributed by atoms with Crippen LogP contribution >= 0.6 is 0 Å². The Morgan fingerprint density at radius 3 is 2.38 bits per heavy atom. The summed E-state index contributed by atoms with van der Waals surface area (Å²) < 4.78 is 4.94. The zero-order valence-electron chi connectivity index (χ0n) is 20.3. The number of phenols is 1. The zero-order chi connectivity index (χ0) is 24.2. The highest BCUT2D eigenvalue weighted by atomic mass is 16.5. The number of anilines is 1. The number of nitrogens with one attached hydrogen (secondary N) is 1. The van der Waals surface area contributed by atoms with E-state index in [-0.39, 0.29) is 5.75 Å². The third-order valence-electron chi connectivity index (χ3n) is 5.69. The Bertz CT molecular complexity index is 1040. The quantitative estimate of drug-likeness (QED) is 0.415. The van der Waals surface area contributed by atoms with Crippen LogP contribution in [0, 0.1) is 6.92 Å². The number of hydrogen-bond acceptors (Lipinski definition) is 6. The maximum absolute atomic E-state index is 10.2. The zero-order valence-corrected chi connectivity index (χ0v) is 20.3. The highest BCUT2D eigenvalue weighted by Crippen LogP contribution is 2.32. The van der Waals surface area contributed by atoms with Gasteiger partial charge in [-0.2, -0.15) is 0 Å². The number of benzene rings is 2. The van der Waals surface area contributed by atoms with E-state index in [4.69, 9.17) is 14.7 Å². The summed E-state index contributed by atoms with van der Waals surface area (Å²) >= 11 is 0. The first-order chi connectivity index (χ1) is 16.6. The van der Waals surface area contributed by atoms with Gasteiger partial charge < -0.3 is 20.1 Å².